The highest BCUT2D eigenvalue weighted by Gasteiger charge is 2.26. The average molecular weight is 511 g/mol. The van der Waals surface area contributed by atoms with Crippen LogP contribution in [0.5, 0.6) is 0 Å². The lowest BCUT2D eigenvalue weighted by Crippen LogP contribution is -2.27. The molecule has 0 spiro atoms. The van der Waals surface area contributed by atoms with Crippen LogP contribution in [0.4, 0.5) is 11.4 Å². The zero-order valence-corrected chi connectivity index (χ0v) is 21.3. The van der Waals surface area contributed by atoms with E-state index in [1.165, 1.54) is 13.1 Å². The standard InChI is InChI=1S/C25H26N4O4S2/c1-4-35(31,32)25-26-14-21(23(28-25)24(30)27-20-10-6-5-8-17(20)2)29(15-19-9-7-12-33-19)16-22-18(3)11-13-34-22/h5-14H,4,15-16H2,1-3H3,(H,27,30). The molecule has 0 bridgehead atoms. The molecule has 182 valence electrons. The number of carbonyl (C=O) groups is 1. The monoisotopic (exact) mass is 510 g/mol. The average Bonchev–Trinajstić information content (AvgIpc) is 3.51. The van der Waals surface area contributed by atoms with E-state index in [4.69, 9.17) is 4.42 Å². The van der Waals surface area contributed by atoms with Crippen LogP contribution in [-0.2, 0) is 22.9 Å². The number of amides is 1. The highest BCUT2D eigenvalue weighted by Crippen LogP contribution is 2.28. The molecule has 1 N–H and O–H groups in total. The van der Waals surface area contributed by atoms with E-state index in [1.54, 1.807) is 29.7 Å². The van der Waals surface area contributed by atoms with Crippen LogP contribution in [0.25, 0.3) is 0 Å². The number of hydrogen-bond acceptors (Lipinski definition) is 8. The number of rotatable bonds is 9. The van der Waals surface area contributed by atoms with Crippen LogP contribution in [0, 0.1) is 13.8 Å². The van der Waals surface area contributed by atoms with Crippen molar-refractivity contribution in [3.63, 3.8) is 0 Å². The van der Waals surface area contributed by atoms with Gasteiger partial charge in [0.05, 0.1) is 37.0 Å². The minimum atomic E-state index is -3.72. The molecule has 0 saturated carbocycles. The molecule has 1 aromatic carbocycles. The number of nitrogens with zero attached hydrogens (tertiary/aromatic N) is 3. The van der Waals surface area contributed by atoms with E-state index in [2.05, 4.69) is 15.3 Å². The second-order valence-electron chi connectivity index (χ2n) is 8.02. The Kier molecular flexibility index (Phi) is 7.32. The van der Waals surface area contributed by atoms with Gasteiger partial charge in [-0.2, -0.15) is 0 Å². The number of hydrogen-bond donors (Lipinski definition) is 1. The summed E-state index contributed by atoms with van der Waals surface area (Å²) in [4.78, 5) is 24.9. The van der Waals surface area contributed by atoms with Gasteiger partial charge in [0, 0.05) is 10.6 Å². The number of nitrogens with one attached hydrogen (secondary N) is 1. The summed E-state index contributed by atoms with van der Waals surface area (Å²) >= 11 is 1.61. The third-order valence-corrected chi connectivity index (χ3v) is 8.10. The normalized spacial score (nSPS) is 11.4. The molecule has 0 aliphatic carbocycles. The molecular formula is C25H26N4O4S2. The quantitative estimate of drug-likeness (QED) is 0.316. The lowest BCUT2D eigenvalue weighted by molar-refractivity contribution is 0.102. The van der Waals surface area contributed by atoms with Crippen LogP contribution in [-0.4, -0.2) is 30.0 Å². The summed E-state index contributed by atoms with van der Waals surface area (Å²) in [6.07, 6.45) is 3.00. The van der Waals surface area contributed by atoms with Gasteiger partial charge in [0.15, 0.2) is 5.69 Å². The smallest absolute Gasteiger partial charge is 0.276 e. The molecule has 0 unspecified atom stereocenters. The Morgan fingerprint density at radius 1 is 1.09 bits per heavy atom. The van der Waals surface area contributed by atoms with Gasteiger partial charge in [-0.05, 0) is 54.6 Å². The van der Waals surface area contributed by atoms with E-state index < -0.39 is 15.7 Å². The topological polar surface area (TPSA) is 105 Å². The largest absolute Gasteiger partial charge is 0.467 e. The fourth-order valence-corrected chi connectivity index (χ4v) is 5.11. The summed E-state index contributed by atoms with van der Waals surface area (Å²) in [5.41, 5.74) is 3.01. The minimum absolute atomic E-state index is 0.0176. The van der Waals surface area contributed by atoms with Gasteiger partial charge in [0.25, 0.3) is 5.91 Å². The first kappa shape index (κ1) is 24.6. The summed E-state index contributed by atoms with van der Waals surface area (Å²) in [5.74, 6) is 0.00159. The number of thiophene rings is 1. The summed E-state index contributed by atoms with van der Waals surface area (Å²) in [7, 11) is -3.72. The Hall–Kier alpha value is -3.50. The van der Waals surface area contributed by atoms with Gasteiger partial charge in [-0.1, -0.05) is 25.1 Å². The maximum atomic E-state index is 13.5. The van der Waals surface area contributed by atoms with Gasteiger partial charge in [-0.25, -0.2) is 18.4 Å². The second kappa shape index (κ2) is 10.4. The molecule has 0 aliphatic rings. The lowest BCUT2D eigenvalue weighted by atomic mass is 10.2. The van der Waals surface area contributed by atoms with E-state index in [0.717, 1.165) is 16.0 Å². The summed E-state index contributed by atoms with van der Waals surface area (Å²) in [6.45, 7) is 6.24. The highest BCUT2D eigenvalue weighted by atomic mass is 32.2. The van der Waals surface area contributed by atoms with Crippen LogP contribution < -0.4 is 10.2 Å². The van der Waals surface area contributed by atoms with E-state index >= 15 is 0 Å². The molecule has 0 aliphatic heterocycles. The van der Waals surface area contributed by atoms with Gasteiger partial charge in [-0.15, -0.1) is 11.3 Å². The predicted octanol–water partition coefficient (Wildman–Crippen LogP) is 5.00. The molecule has 0 fully saturated rings. The SMILES string of the molecule is CCS(=O)(=O)c1ncc(N(Cc2ccco2)Cc2sccc2C)c(C(=O)Nc2ccccc2C)n1. The molecule has 0 atom stereocenters. The van der Waals surface area contributed by atoms with E-state index in [1.807, 2.05) is 54.5 Å². The van der Waals surface area contributed by atoms with Crippen molar-refractivity contribution in [1.82, 2.24) is 9.97 Å². The first-order valence-corrected chi connectivity index (χ1v) is 13.6. The predicted molar refractivity (Wildman–Crippen MR) is 137 cm³/mol. The second-order valence-corrected chi connectivity index (χ2v) is 11.2. The number of furan rings is 1. The van der Waals surface area contributed by atoms with Gasteiger partial charge in [0.2, 0.25) is 15.0 Å². The van der Waals surface area contributed by atoms with Crippen LogP contribution in [0.1, 0.15) is 39.2 Å². The third kappa shape index (κ3) is 5.60. The molecule has 3 heterocycles. The van der Waals surface area contributed by atoms with Gasteiger partial charge in [-0.3, -0.25) is 4.79 Å². The van der Waals surface area contributed by atoms with Crippen LogP contribution in [0.2, 0.25) is 0 Å². The fourth-order valence-electron chi connectivity index (χ4n) is 3.49. The molecule has 0 radical (unpaired) electrons. The van der Waals surface area contributed by atoms with Crippen molar-refractivity contribution in [2.24, 2.45) is 0 Å². The van der Waals surface area contributed by atoms with Crippen LogP contribution in [0.3, 0.4) is 0 Å². The molecule has 4 aromatic rings. The number of aromatic nitrogens is 2. The first-order chi connectivity index (χ1) is 16.8. The Morgan fingerprint density at radius 2 is 1.89 bits per heavy atom. The number of para-hydroxylation sites is 1. The van der Waals surface area contributed by atoms with Crippen molar-refractivity contribution in [3.05, 3.63) is 87.8 Å². The molecule has 0 saturated heterocycles. The summed E-state index contributed by atoms with van der Waals surface area (Å²) in [5, 5.41) is 4.51. The fraction of sp³-hybridized carbons (Fsp3) is 0.240. The maximum absolute atomic E-state index is 13.5. The Morgan fingerprint density at radius 3 is 2.54 bits per heavy atom. The van der Waals surface area contributed by atoms with Crippen LogP contribution >= 0.6 is 11.3 Å². The molecule has 10 heteroatoms. The Bertz CT molecular complexity index is 1430. The van der Waals surface area contributed by atoms with Crippen molar-refractivity contribution in [2.45, 2.75) is 39.0 Å². The zero-order chi connectivity index (χ0) is 25.0. The maximum Gasteiger partial charge on any atom is 0.276 e. The van der Waals surface area contributed by atoms with Crippen molar-refractivity contribution >= 4 is 38.5 Å². The number of benzene rings is 1. The molecular weight excluding hydrogens is 484 g/mol. The first-order valence-electron chi connectivity index (χ1n) is 11.1. The molecule has 1 amide bonds. The van der Waals surface area contributed by atoms with Crippen molar-refractivity contribution in [3.8, 4) is 0 Å². The Labute approximate surface area is 208 Å². The molecule has 4 rings (SSSR count). The highest BCUT2D eigenvalue weighted by molar-refractivity contribution is 7.91. The summed E-state index contributed by atoms with van der Waals surface area (Å²) in [6, 6.07) is 13.0. The Balaban J connectivity index is 1.81. The zero-order valence-electron chi connectivity index (χ0n) is 19.7. The van der Waals surface area contributed by atoms with Gasteiger partial charge in [0.1, 0.15) is 5.76 Å². The molecule has 8 nitrogen and oxygen atoms in total. The number of anilines is 2. The van der Waals surface area contributed by atoms with E-state index in [0.29, 0.717) is 30.2 Å². The molecule has 35 heavy (non-hydrogen) atoms. The number of aryl methyl sites for hydroxylation is 2. The van der Waals surface area contributed by atoms with E-state index in [-0.39, 0.29) is 16.6 Å². The van der Waals surface area contributed by atoms with Crippen molar-refractivity contribution in [2.75, 3.05) is 16.0 Å². The number of sulfone groups is 1. The van der Waals surface area contributed by atoms with Crippen molar-refractivity contribution < 1.29 is 17.6 Å². The van der Waals surface area contributed by atoms with Gasteiger partial charge >= 0.3 is 0 Å². The minimum Gasteiger partial charge on any atom is -0.467 e. The van der Waals surface area contributed by atoms with Crippen molar-refractivity contribution in [1.29, 1.82) is 0 Å². The van der Waals surface area contributed by atoms with E-state index in [9.17, 15) is 13.2 Å². The number of carbonyl (C=O) groups excluding carboxylic acids is 1. The van der Waals surface area contributed by atoms with Gasteiger partial charge < -0.3 is 14.6 Å². The third-order valence-electron chi connectivity index (χ3n) is 5.58. The lowest BCUT2D eigenvalue weighted by Gasteiger charge is -2.25. The van der Waals surface area contributed by atoms with Crippen LogP contribution in [0.15, 0.2) is 69.9 Å². The summed E-state index contributed by atoms with van der Waals surface area (Å²) < 4.78 is 30.7. The molecule has 3 aromatic heterocycles.